The van der Waals surface area contributed by atoms with Gasteiger partial charge in [0.2, 0.25) is 0 Å². The van der Waals surface area contributed by atoms with Crippen molar-refractivity contribution in [2.24, 2.45) is 0 Å². The van der Waals surface area contributed by atoms with E-state index >= 15 is 0 Å². The zero-order valence-electron chi connectivity index (χ0n) is 22.6. The Morgan fingerprint density at radius 2 is 1.65 bits per heavy atom. The average molecular weight is 666 g/mol. The third-order valence-corrected chi connectivity index (χ3v) is 7.25. The van der Waals surface area contributed by atoms with Gasteiger partial charge < -0.3 is 14.2 Å². The van der Waals surface area contributed by atoms with Gasteiger partial charge >= 0.3 is 6.03 Å². The third-order valence-electron chi connectivity index (χ3n) is 6.41. The summed E-state index contributed by atoms with van der Waals surface area (Å²) >= 11 is 9.34. The Hall–Kier alpha value is -4.67. The van der Waals surface area contributed by atoms with Crippen molar-refractivity contribution in [1.82, 2.24) is 5.32 Å². The molecule has 43 heavy (non-hydrogen) atoms. The Bertz CT molecular complexity index is 1730. The fraction of sp³-hybridized carbons (Fsp3) is 0.0938. The number of barbiturate groups is 1. The molecule has 0 bridgehead atoms. The van der Waals surface area contributed by atoms with E-state index in [2.05, 4.69) is 21.2 Å². The molecular formula is C32H23BrClFN2O6. The van der Waals surface area contributed by atoms with Gasteiger partial charge in [0.15, 0.2) is 11.5 Å². The van der Waals surface area contributed by atoms with Crippen LogP contribution in [0.3, 0.4) is 0 Å². The van der Waals surface area contributed by atoms with Crippen LogP contribution in [0.2, 0.25) is 5.02 Å². The number of carbonyl (C=O) groups excluding carboxylic acids is 3. The molecule has 1 saturated heterocycles. The van der Waals surface area contributed by atoms with Crippen molar-refractivity contribution in [3.05, 3.63) is 123 Å². The molecule has 218 valence electrons. The zero-order valence-corrected chi connectivity index (χ0v) is 24.9. The summed E-state index contributed by atoms with van der Waals surface area (Å²) in [5.41, 5.74) is 1.67. The second-order valence-electron chi connectivity index (χ2n) is 9.28. The number of hydrogen-bond acceptors (Lipinski definition) is 6. The van der Waals surface area contributed by atoms with Gasteiger partial charge in [-0.3, -0.25) is 14.9 Å². The number of nitrogens with one attached hydrogen (secondary N) is 1. The van der Waals surface area contributed by atoms with Crippen molar-refractivity contribution in [2.75, 3.05) is 12.0 Å². The van der Waals surface area contributed by atoms with Gasteiger partial charge in [-0.25, -0.2) is 14.1 Å². The van der Waals surface area contributed by atoms with Crippen molar-refractivity contribution in [3.63, 3.8) is 0 Å². The number of rotatable bonds is 9. The summed E-state index contributed by atoms with van der Waals surface area (Å²) < 4.78 is 31.5. The molecule has 0 radical (unpaired) electrons. The molecule has 0 spiro atoms. The first-order valence-corrected chi connectivity index (χ1v) is 14.0. The quantitative estimate of drug-likeness (QED) is 0.152. The normalized spacial score (nSPS) is 14.1. The number of anilines is 1. The second kappa shape index (κ2) is 13.1. The number of carbonyl (C=O) groups is 3. The number of ether oxygens (including phenoxy) is 3. The number of nitrogens with zero attached hydrogens (tertiary/aromatic N) is 1. The van der Waals surface area contributed by atoms with E-state index in [0.29, 0.717) is 38.7 Å². The Morgan fingerprint density at radius 3 is 2.35 bits per heavy atom. The van der Waals surface area contributed by atoms with Gasteiger partial charge in [-0.1, -0.05) is 41.9 Å². The van der Waals surface area contributed by atoms with Gasteiger partial charge in [0.1, 0.15) is 30.4 Å². The molecular weight excluding hydrogens is 643 g/mol. The molecule has 0 aliphatic carbocycles. The topological polar surface area (TPSA) is 94.2 Å². The Kier molecular flexibility index (Phi) is 9.08. The van der Waals surface area contributed by atoms with Crippen LogP contribution in [0.1, 0.15) is 16.7 Å². The molecule has 0 unspecified atom stereocenters. The van der Waals surface area contributed by atoms with Gasteiger partial charge in [-0.2, -0.15) is 0 Å². The minimum atomic E-state index is -0.877. The van der Waals surface area contributed by atoms with Crippen LogP contribution in [0, 0.1) is 5.82 Å². The molecule has 0 atom stereocenters. The second-order valence-corrected chi connectivity index (χ2v) is 10.6. The monoisotopic (exact) mass is 664 g/mol. The minimum absolute atomic E-state index is 0.0506. The summed E-state index contributed by atoms with van der Waals surface area (Å²) in [4.78, 5) is 39.7. The third kappa shape index (κ3) is 6.87. The van der Waals surface area contributed by atoms with Crippen LogP contribution in [0.4, 0.5) is 14.9 Å². The Labute approximate surface area is 259 Å². The predicted molar refractivity (Wildman–Crippen MR) is 163 cm³/mol. The van der Waals surface area contributed by atoms with Gasteiger partial charge in [0, 0.05) is 10.6 Å². The van der Waals surface area contributed by atoms with E-state index in [9.17, 15) is 18.8 Å². The summed E-state index contributed by atoms with van der Waals surface area (Å²) in [6.07, 6.45) is 1.34. The van der Waals surface area contributed by atoms with E-state index in [1.165, 1.54) is 19.3 Å². The van der Waals surface area contributed by atoms with Crippen molar-refractivity contribution >= 4 is 57.1 Å². The standard InChI is InChI=1S/C32H23BrClFN2O6/c1-41-28-16-20(15-26(33)29(28)43-18-21-4-2-3-5-27(21)35)14-25-30(38)36-32(40)37(31(25)39)23-10-12-24(13-11-23)42-17-19-6-8-22(34)9-7-19/h2-16H,17-18H2,1H3,(H,36,38,40)/b25-14+. The van der Waals surface area contributed by atoms with Crippen LogP contribution in [0.5, 0.6) is 17.2 Å². The highest BCUT2D eigenvalue weighted by atomic mass is 79.9. The fourth-order valence-electron chi connectivity index (χ4n) is 4.23. The first kappa shape index (κ1) is 29.8. The van der Waals surface area contributed by atoms with Crippen LogP contribution in [-0.4, -0.2) is 25.0 Å². The Morgan fingerprint density at radius 1 is 0.930 bits per heavy atom. The molecule has 1 aliphatic heterocycles. The van der Waals surface area contributed by atoms with Crippen LogP contribution in [-0.2, 0) is 22.8 Å². The predicted octanol–water partition coefficient (Wildman–Crippen LogP) is 7.07. The molecule has 4 amide bonds. The lowest BCUT2D eigenvalue weighted by Gasteiger charge is -2.26. The molecule has 0 aromatic heterocycles. The van der Waals surface area contributed by atoms with Gasteiger partial charge in [-0.05, 0) is 87.7 Å². The number of methoxy groups -OCH3 is 1. The fourth-order valence-corrected chi connectivity index (χ4v) is 4.93. The van der Waals surface area contributed by atoms with E-state index in [-0.39, 0.29) is 23.6 Å². The number of imide groups is 2. The van der Waals surface area contributed by atoms with E-state index in [1.54, 1.807) is 66.7 Å². The van der Waals surface area contributed by atoms with Gasteiger partial charge in [0.25, 0.3) is 11.8 Å². The van der Waals surface area contributed by atoms with E-state index < -0.39 is 23.7 Å². The highest BCUT2D eigenvalue weighted by molar-refractivity contribution is 9.10. The highest BCUT2D eigenvalue weighted by Crippen LogP contribution is 2.38. The summed E-state index contributed by atoms with van der Waals surface area (Å²) in [7, 11) is 1.43. The van der Waals surface area contributed by atoms with E-state index in [0.717, 1.165) is 10.5 Å². The molecule has 1 aliphatic rings. The molecule has 4 aromatic rings. The Balaban J connectivity index is 1.34. The molecule has 4 aromatic carbocycles. The maximum absolute atomic E-state index is 14.0. The molecule has 5 rings (SSSR count). The van der Waals surface area contributed by atoms with Crippen LogP contribution >= 0.6 is 27.5 Å². The summed E-state index contributed by atoms with van der Waals surface area (Å²) in [6, 6.07) is 22.1. The average Bonchev–Trinajstić information content (AvgIpc) is 2.99. The van der Waals surface area contributed by atoms with Crippen LogP contribution in [0.15, 0.2) is 95.0 Å². The first-order valence-electron chi connectivity index (χ1n) is 12.9. The number of amides is 4. The zero-order chi connectivity index (χ0) is 30.5. The van der Waals surface area contributed by atoms with Crippen molar-refractivity contribution in [3.8, 4) is 17.2 Å². The summed E-state index contributed by atoms with van der Waals surface area (Å²) in [5, 5.41) is 2.83. The lowest BCUT2D eigenvalue weighted by Crippen LogP contribution is -2.54. The lowest BCUT2D eigenvalue weighted by atomic mass is 10.1. The van der Waals surface area contributed by atoms with E-state index in [4.69, 9.17) is 25.8 Å². The SMILES string of the molecule is COc1cc(/C=C2\C(=O)NC(=O)N(c3ccc(OCc4ccc(Cl)cc4)cc3)C2=O)cc(Br)c1OCc1ccccc1F. The molecule has 1 heterocycles. The van der Waals surface area contributed by atoms with Gasteiger partial charge in [0.05, 0.1) is 17.3 Å². The minimum Gasteiger partial charge on any atom is -0.493 e. The summed E-state index contributed by atoms with van der Waals surface area (Å²) in [5.74, 6) is -0.946. The van der Waals surface area contributed by atoms with Crippen molar-refractivity contribution < 1.29 is 33.0 Å². The van der Waals surface area contributed by atoms with Gasteiger partial charge in [-0.15, -0.1) is 0 Å². The molecule has 8 nitrogen and oxygen atoms in total. The molecule has 11 heteroatoms. The van der Waals surface area contributed by atoms with Crippen molar-refractivity contribution in [1.29, 1.82) is 0 Å². The van der Waals surface area contributed by atoms with Crippen LogP contribution in [0.25, 0.3) is 6.08 Å². The maximum Gasteiger partial charge on any atom is 0.335 e. The summed E-state index contributed by atoms with van der Waals surface area (Å²) in [6.45, 7) is 0.248. The van der Waals surface area contributed by atoms with Crippen molar-refractivity contribution in [2.45, 2.75) is 13.2 Å². The number of benzene rings is 4. The molecule has 0 saturated carbocycles. The van der Waals surface area contributed by atoms with E-state index in [1.807, 2.05) is 12.1 Å². The van der Waals surface area contributed by atoms with Crippen LogP contribution < -0.4 is 24.4 Å². The smallest absolute Gasteiger partial charge is 0.335 e. The first-order chi connectivity index (χ1) is 20.7. The molecule has 1 fully saturated rings. The lowest BCUT2D eigenvalue weighted by molar-refractivity contribution is -0.122. The maximum atomic E-state index is 14.0. The number of hydrogen-bond donors (Lipinski definition) is 1. The molecule has 1 N–H and O–H groups in total. The number of urea groups is 1. The highest BCUT2D eigenvalue weighted by Gasteiger charge is 2.37. The number of halogens is 3. The largest absolute Gasteiger partial charge is 0.493 e.